The lowest BCUT2D eigenvalue weighted by Crippen LogP contribution is -2.25. The Balaban J connectivity index is 1.31. The van der Waals surface area contributed by atoms with Gasteiger partial charge in [-0.3, -0.25) is 23.4 Å². The molecule has 3 aromatic carbocycles. The molecule has 10 heteroatoms. The second-order valence-corrected chi connectivity index (χ2v) is 8.99. The van der Waals surface area contributed by atoms with Crippen molar-refractivity contribution in [3.05, 3.63) is 100 Å². The Labute approximate surface area is 210 Å². The van der Waals surface area contributed by atoms with Gasteiger partial charge < -0.3 is 10.6 Å². The molecule has 0 unspecified atom stereocenters. The molecule has 0 spiro atoms. The van der Waals surface area contributed by atoms with Crippen LogP contribution in [0.4, 0.5) is 5.69 Å². The van der Waals surface area contributed by atoms with Crippen molar-refractivity contribution in [2.24, 2.45) is 7.05 Å². The van der Waals surface area contributed by atoms with Crippen LogP contribution in [-0.2, 0) is 18.4 Å². The van der Waals surface area contributed by atoms with Gasteiger partial charge in [-0.05, 0) is 29.8 Å². The van der Waals surface area contributed by atoms with Crippen LogP contribution in [0.5, 0.6) is 0 Å². The number of fused-ring (bicyclic) bond motifs is 3. The fourth-order valence-corrected chi connectivity index (χ4v) is 4.62. The van der Waals surface area contributed by atoms with Gasteiger partial charge in [-0.2, -0.15) is 0 Å². The first-order chi connectivity index (χ1) is 17.5. The molecule has 0 aliphatic heterocycles. The Bertz CT molecular complexity index is 1640. The SMILES string of the molecule is Cn1c(=O)c2ccccc2n2c(SCC(=O)Nc3ccccc3C(=O)NCc3ccccc3)nnc12. The maximum Gasteiger partial charge on any atom is 0.262 e. The number of carbonyl (C=O) groups is 2. The molecule has 5 rings (SSSR count). The monoisotopic (exact) mass is 498 g/mol. The number of para-hydroxylation sites is 2. The van der Waals surface area contributed by atoms with Gasteiger partial charge in [0.25, 0.3) is 11.5 Å². The van der Waals surface area contributed by atoms with Crippen molar-refractivity contribution in [1.82, 2.24) is 24.5 Å². The Morgan fingerprint density at radius 1 is 0.917 bits per heavy atom. The molecule has 5 aromatic rings. The quantitative estimate of drug-likeness (QED) is 0.334. The standard InChI is InChI=1S/C26H22N6O3S/c1-31-24(35)19-12-6-8-14-21(19)32-25(31)29-30-26(32)36-16-22(33)28-20-13-7-5-11-18(20)23(34)27-15-17-9-3-2-4-10-17/h2-14H,15-16H2,1H3,(H,27,34)(H,28,33). The molecule has 0 radical (unpaired) electrons. The van der Waals surface area contributed by atoms with E-state index >= 15 is 0 Å². The highest BCUT2D eigenvalue weighted by Crippen LogP contribution is 2.22. The van der Waals surface area contributed by atoms with E-state index in [1.807, 2.05) is 42.5 Å². The van der Waals surface area contributed by atoms with Crippen LogP contribution in [0.1, 0.15) is 15.9 Å². The van der Waals surface area contributed by atoms with E-state index in [-0.39, 0.29) is 23.1 Å². The summed E-state index contributed by atoms with van der Waals surface area (Å²) in [6.07, 6.45) is 0. The average molecular weight is 499 g/mol. The third-order valence-electron chi connectivity index (χ3n) is 5.67. The van der Waals surface area contributed by atoms with Crippen LogP contribution in [0.2, 0.25) is 0 Å². The van der Waals surface area contributed by atoms with Crippen molar-refractivity contribution in [2.45, 2.75) is 11.7 Å². The molecule has 2 N–H and O–H groups in total. The molecule has 2 heterocycles. The smallest absolute Gasteiger partial charge is 0.262 e. The summed E-state index contributed by atoms with van der Waals surface area (Å²) in [5.41, 5.74) is 2.29. The van der Waals surface area contributed by atoms with E-state index in [2.05, 4.69) is 20.8 Å². The maximum atomic E-state index is 12.8. The van der Waals surface area contributed by atoms with Crippen LogP contribution < -0.4 is 16.2 Å². The van der Waals surface area contributed by atoms with Gasteiger partial charge >= 0.3 is 0 Å². The topological polar surface area (TPSA) is 110 Å². The molecule has 180 valence electrons. The van der Waals surface area contributed by atoms with Crippen molar-refractivity contribution < 1.29 is 9.59 Å². The number of hydrogen-bond donors (Lipinski definition) is 2. The van der Waals surface area contributed by atoms with Gasteiger partial charge in [0.15, 0.2) is 5.16 Å². The van der Waals surface area contributed by atoms with Crippen molar-refractivity contribution in [1.29, 1.82) is 0 Å². The number of nitrogens with zero attached hydrogens (tertiary/aromatic N) is 4. The normalized spacial score (nSPS) is 11.0. The fraction of sp³-hybridized carbons (Fsp3) is 0.115. The van der Waals surface area contributed by atoms with E-state index in [0.717, 1.165) is 5.56 Å². The summed E-state index contributed by atoms with van der Waals surface area (Å²) in [5, 5.41) is 15.1. The third-order valence-corrected chi connectivity index (χ3v) is 6.60. The van der Waals surface area contributed by atoms with Crippen LogP contribution >= 0.6 is 11.8 Å². The van der Waals surface area contributed by atoms with Gasteiger partial charge in [0.2, 0.25) is 11.7 Å². The van der Waals surface area contributed by atoms with E-state index in [1.165, 1.54) is 16.3 Å². The van der Waals surface area contributed by atoms with E-state index in [9.17, 15) is 14.4 Å². The van der Waals surface area contributed by atoms with Crippen LogP contribution in [-0.4, -0.2) is 36.7 Å². The number of nitrogens with one attached hydrogen (secondary N) is 2. The largest absolute Gasteiger partial charge is 0.348 e. The zero-order chi connectivity index (χ0) is 25.1. The van der Waals surface area contributed by atoms with Crippen molar-refractivity contribution in [3.8, 4) is 0 Å². The first-order valence-corrected chi connectivity index (χ1v) is 12.2. The highest BCUT2D eigenvalue weighted by atomic mass is 32.2. The van der Waals surface area contributed by atoms with Crippen molar-refractivity contribution in [2.75, 3.05) is 11.1 Å². The van der Waals surface area contributed by atoms with Gasteiger partial charge in [-0.15, -0.1) is 10.2 Å². The maximum absolute atomic E-state index is 12.8. The lowest BCUT2D eigenvalue weighted by molar-refractivity contribution is -0.113. The molecule has 0 aliphatic carbocycles. The second kappa shape index (κ2) is 10.0. The highest BCUT2D eigenvalue weighted by molar-refractivity contribution is 7.99. The Hall–Kier alpha value is -4.44. The number of rotatable bonds is 7. The minimum absolute atomic E-state index is 0.0396. The van der Waals surface area contributed by atoms with E-state index in [0.29, 0.717) is 39.6 Å². The van der Waals surface area contributed by atoms with Crippen LogP contribution in [0.3, 0.4) is 0 Å². The first kappa shape index (κ1) is 23.3. The summed E-state index contributed by atoms with van der Waals surface area (Å²) >= 11 is 1.20. The van der Waals surface area contributed by atoms with Crippen LogP contribution in [0.25, 0.3) is 16.7 Å². The molecule has 0 saturated carbocycles. The second-order valence-electron chi connectivity index (χ2n) is 8.05. The molecule has 0 bridgehead atoms. The number of hydrogen-bond acceptors (Lipinski definition) is 6. The van der Waals surface area contributed by atoms with Gasteiger partial charge in [-0.1, -0.05) is 66.4 Å². The van der Waals surface area contributed by atoms with Crippen LogP contribution in [0, 0.1) is 0 Å². The van der Waals surface area contributed by atoms with Gasteiger partial charge in [0.05, 0.1) is 27.9 Å². The predicted octanol–water partition coefficient (Wildman–Crippen LogP) is 3.24. The molecule has 36 heavy (non-hydrogen) atoms. The lowest BCUT2D eigenvalue weighted by Gasteiger charge is -2.11. The number of amides is 2. The Morgan fingerprint density at radius 3 is 2.47 bits per heavy atom. The lowest BCUT2D eigenvalue weighted by atomic mass is 10.1. The van der Waals surface area contributed by atoms with E-state index < -0.39 is 0 Å². The van der Waals surface area contributed by atoms with Gasteiger partial charge in [-0.25, -0.2) is 0 Å². The van der Waals surface area contributed by atoms with E-state index in [1.54, 1.807) is 47.8 Å². The number of thioether (sulfide) groups is 1. The molecule has 0 aliphatic rings. The predicted molar refractivity (Wildman–Crippen MR) is 139 cm³/mol. The van der Waals surface area contributed by atoms with Crippen molar-refractivity contribution in [3.63, 3.8) is 0 Å². The molecule has 0 atom stereocenters. The number of anilines is 1. The van der Waals surface area contributed by atoms with Crippen molar-refractivity contribution >= 4 is 45.9 Å². The molecular formula is C26H22N6O3S. The fourth-order valence-electron chi connectivity index (χ4n) is 3.88. The molecule has 9 nitrogen and oxygen atoms in total. The number of benzene rings is 3. The molecule has 0 saturated heterocycles. The van der Waals surface area contributed by atoms with Gasteiger partial charge in [0.1, 0.15) is 0 Å². The highest BCUT2D eigenvalue weighted by Gasteiger charge is 2.17. The molecule has 2 amide bonds. The zero-order valence-corrected chi connectivity index (χ0v) is 20.2. The Kier molecular flexibility index (Phi) is 6.50. The van der Waals surface area contributed by atoms with Crippen LogP contribution in [0.15, 0.2) is 88.8 Å². The molecule has 2 aromatic heterocycles. The summed E-state index contributed by atoms with van der Waals surface area (Å²) in [6.45, 7) is 0.383. The first-order valence-electron chi connectivity index (χ1n) is 11.2. The number of carbonyl (C=O) groups excluding carboxylic acids is 2. The van der Waals surface area contributed by atoms with Gasteiger partial charge in [0, 0.05) is 13.6 Å². The number of aromatic nitrogens is 4. The minimum Gasteiger partial charge on any atom is -0.348 e. The summed E-state index contributed by atoms with van der Waals surface area (Å²) in [7, 11) is 1.64. The molecular weight excluding hydrogens is 476 g/mol. The zero-order valence-electron chi connectivity index (χ0n) is 19.3. The Morgan fingerprint density at radius 2 is 1.64 bits per heavy atom. The average Bonchev–Trinajstić information content (AvgIpc) is 3.34. The summed E-state index contributed by atoms with van der Waals surface area (Å²) in [5.74, 6) is -0.146. The summed E-state index contributed by atoms with van der Waals surface area (Å²) in [6, 6.07) is 23.7. The summed E-state index contributed by atoms with van der Waals surface area (Å²) < 4.78 is 3.20. The molecule has 0 fully saturated rings. The third kappa shape index (κ3) is 4.58. The summed E-state index contributed by atoms with van der Waals surface area (Å²) in [4.78, 5) is 38.2. The minimum atomic E-state index is -0.297. The number of aryl methyl sites for hydroxylation is 1. The van der Waals surface area contributed by atoms with E-state index in [4.69, 9.17) is 0 Å².